The second-order valence-corrected chi connectivity index (χ2v) is 6.16. The molecule has 0 radical (unpaired) electrons. The van der Waals surface area contributed by atoms with E-state index in [1.54, 1.807) is 16.8 Å². The van der Waals surface area contributed by atoms with E-state index in [-0.39, 0.29) is 11.1 Å². The Morgan fingerprint density at radius 2 is 1.88 bits per heavy atom. The van der Waals surface area contributed by atoms with Crippen molar-refractivity contribution in [2.24, 2.45) is 5.92 Å². The Bertz CT molecular complexity index is 835. The molecule has 2 aromatic rings. The molecule has 7 nitrogen and oxygen atoms in total. The summed E-state index contributed by atoms with van der Waals surface area (Å²) in [6, 6.07) is 6.38. The smallest absolute Gasteiger partial charge is 0.324 e. The summed E-state index contributed by atoms with van der Waals surface area (Å²) in [5, 5.41) is 4.72. The van der Waals surface area contributed by atoms with Crippen LogP contribution in [0, 0.1) is 5.92 Å². The minimum atomic E-state index is -0.736. The molecule has 122 valence electrons. The van der Waals surface area contributed by atoms with Gasteiger partial charge in [-0.05, 0) is 30.9 Å². The van der Waals surface area contributed by atoms with Gasteiger partial charge in [-0.1, -0.05) is 24.1 Å². The van der Waals surface area contributed by atoms with E-state index in [4.69, 9.17) is 4.84 Å². The van der Waals surface area contributed by atoms with E-state index in [1.165, 1.54) is 18.3 Å². The number of hydroxylamine groups is 2. The van der Waals surface area contributed by atoms with Crippen LogP contribution in [0.5, 0.6) is 0 Å². The van der Waals surface area contributed by atoms with Crippen molar-refractivity contribution >= 4 is 17.8 Å². The number of fused-ring (bicyclic) bond motifs is 2. The summed E-state index contributed by atoms with van der Waals surface area (Å²) in [4.78, 5) is 42.1. The quantitative estimate of drug-likeness (QED) is 0.787. The maximum Gasteiger partial charge on any atom is 0.367 e. The monoisotopic (exact) mass is 325 g/mol. The number of nitrogens with zero attached hydrogens (tertiary/aromatic N) is 3. The number of benzene rings is 1. The van der Waals surface area contributed by atoms with Crippen molar-refractivity contribution in [2.45, 2.75) is 26.3 Å². The SMILES string of the molecule is CC1CCn2ncc(C(=O)ON3C(=O)c4ccccc4C3=O)c2C1. The van der Waals surface area contributed by atoms with Gasteiger partial charge in [0.2, 0.25) is 0 Å². The van der Waals surface area contributed by atoms with Crippen molar-refractivity contribution in [3.63, 3.8) is 0 Å². The molecule has 4 rings (SSSR count). The van der Waals surface area contributed by atoms with E-state index in [1.807, 2.05) is 0 Å². The number of imide groups is 1. The number of amides is 2. The molecule has 1 unspecified atom stereocenters. The van der Waals surface area contributed by atoms with Crippen molar-refractivity contribution in [1.29, 1.82) is 0 Å². The molecule has 0 N–H and O–H groups in total. The minimum absolute atomic E-state index is 0.237. The van der Waals surface area contributed by atoms with E-state index in [0.29, 0.717) is 23.0 Å². The molecule has 1 aromatic heterocycles. The molecule has 3 heterocycles. The molecule has 1 atom stereocenters. The fourth-order valence-electron chi connectivity index (χ4n) is 3.15. The van der Waals surface area contributed by atoms with Crippen molar-refractivity contribution in [3.05, 3.63) is 52.8 Å². The summed E-state index contributed by atoms with van der Waals surface area (Å²) in [6.45, 7) is 2.85. The van der Waals surface area contributed by atoms with Crippen LogP contribution in [-0.4, -0.2) is 32.6 Å². The summed E-state index contributed by atoms with van der Waals surface area (Å²) >= 11 is 0. The number of carbonyl (C=O) groups excluding carboxylic acids is 3. The maximum absolute atomic E-state index is 12.5. The zero-order valence-corrected chi connectivity index (χ0v) is 13.1. The average molecular weight is 325 g/mol. The summed E-state index contributed by atoms with van der Waals surface area (Å²) in [5.41, 5.74) is 1.57. The first-order valence-electron chi connectivity index (χ1n) is 7.81. The van der Waals surface area contributed by atoms with E-state index < -0.39 is 17.8 Å². The van der Waals surface area contributed by atoms with Crippen molar-refractivity contribution in [3.8, 4) is 0 Å². The molecule has 2 aliphatic heterocycles. The Morgan fingerprint density at radius 1 is 1.21 bits per heavy atom. The van der Waals surface area contributed by atoms with Gasteiger partial charge in [0.05, 0.1) is 23.0 Å². The lowest BCUT2D eigenvalue weighted by atomic mass is 9.96. The van der Waals surface area contributed by atoms with Gasteiger partial charge in [-0.25, -0.2) is 4.79 Å². The molecule has 1 aromatic carbocycles. The third kappa shape index (κ3) is 2.12. The number of aromatic nitrogens is 2. The standard InChI is InChI=1S/C17H15N3O4/c1-10-6-7-19-14(8-10)13(9-18-19)17(23)24-20-15(21)11-4-2-3-5-12(11)16(20)22/h2-5,9-10H,6-8H2,1H3. The van der Waals surface area contributed by atoms with Gasteiger partial charge in [-0.15, -0.1) is 0 Å². The van der Waals surface area contributed by atoms with Crippen LogP contribution in [0.15, 0.2) is 30.5 Å². The Hall–Kier alpha value is -2.96. The molecule has 0 spiro atoms. The fourth-order valence-corrected chi connectivity index (χ4v) is 3.15. The zero-order valence-electron chi connectivity index (χ0n) is 13.1. The van der Waals surface area contributed by atoms with Crippen LogP contribution in [0.2, 0.25) is 0 Å². The molecule has 0 fully saturated rings. The van der Waals surface area contributed by atoms with Crippen LogP contribution in [-0.2, 0) is 17.8 Å². The molecular weight excluding hydrogens is 310 g/mol. The van der Waals surface area contributed by atoms with Crippen molar-refractivity contribution in [2.75, 3.05) is 0 Å². The molecule has 2 amide bonds. The van der Waals surface area contributed by atoms with Crippen LogP contribution in [0.3, 0.4) is 0 Å². The third-order valence-corrected chi connectivity index (χ3v) is 4.48. The van der Waals surface area contributed by atoms with Gasteiger partial charge in [0.25, 0.3) is 11.8 Å². The highest BCUT2D eigenvalue weighted by Crippen LogP contribution is 2.26. The van der Waals surface area contributed by atoms with Crippen molar-refractivity contribution < 1.29 is 19.2 Å². The van der Waals surface area contributed by atoms with Crippen LogP contribution in [0.1, 0.15) is 50.1 Å². The second kappa shape index (κ2) is 5.30. The van der Waals surface area contributed by atoms with E-state index >= 15 is 0 Å². The van der Waals surface area contributed by atoms with Gasteiger partial charge in [0.1, 0.15) is 5.56 Å². The predicted octanol–water partition coefficient (Wildman–Crippen LogP) is 1.83. The number of hydrogen-bond acceptors (Lipinski definition) is 5. The lowest BCUT2D eigenvalue weighted by Crippen LogP contribution is -2.33. The van der Waals surface area contributed by atoms with E-state index in [0.717, 1.165) is 18.7 Å². The van der Waals surface area contributed by atoms with Crippen LogP contribution < -0.4 is 0 Å². The van der Waals surface area contributed by atoms with Crippen LogP contribution in [0.4, 0.5) is 0 Å². The summed E-state index contributed by atoms with van der Waals surface area (Å²) < 4.78 is 1.78. The molecule has 24 heavy (non-hydrogen) atoms. The van der Waals surface area contributed by atoms with Gasteiger partial charge >= 0.3 is 5.97 Å². The Kier molecular flexibility index (Phi) is 3.23. The number of aryl methyl sites for hydroxylation is 1. The Labute approximate surface area is 137 Å². The topological polar surface area (TPSA) is 81.5 Å². The van der Waals surface area contributed by atoms with Gasteiger partial charge < -0.3 is 4.84 Å². The van der Waals surface area contributed by atoms with Crippen LogP contribution >= 0.6 is 0 Å². The molecule has 2 aliphatic rings. The van der Waals surface area contributed by atoms with Gasteiger partial charge in [-0.2, -0.15) is 5.10 Å². The molecule has 0 bridgehead atoms. The Morgan fingerprint density at radius 3 is 2.54 bits per heavy atom. The maximum atomic E-state index is 12.5. The molecule has 0 saturated heterocycles. The Balaban J connectivity index is 1.59. The second-order valence-electron chi connectivity index (χ2n) is 6.16. The largest absolute Gasteiger partial charge is 0.367 e. The molecule has 0 saturated carbocycles. The van der Waals surface area contributed by atoms with Gasteiger partial charge in [-0.3, -0.25) is 14.3 Å². The normalized spacial score (nSPS) is 19.2. The van der Waals surface area contributed by atoms with E-state index in [9.17, 15) is 14.4 Å². The zero-order chi connectivity index (χ0) is 16.8. The van der Waals surface area contributed by atoms with Gasteiger partial charge in [0.15, 0.2) is 0 Å². The number of carbonyl (C=O) groups is 3. The lowest BCUT2D eigenvalue weighted by molar-refractivity contribution is -0.0585. The first kappa shape index (κ1) is 14.6. The lowest BCUT2D eigenvalue weighted by Gasteiger charge is -2.20. The fraction of sp³-hybridized carbons (Fsp3) is 0.294. The average Bonchev–Trinajstić information content (AvgIpc) is 3.10. The van der Waals surface area contributed by atoms with Crippen molar-refractivity contribution in [1.82, 2.24) is 14.8 Å². The summed E-state index contributed by atoms with van der Waals surface area (Å²) in [5.74, 6) is -1.54. The van der Waals surface area contributed by atoms with E-state index in [2.05, 4.69) is 12.0 Å². The first-order valence-corrected chi connectivity index (χ1v) is 7.81. The molecular formula is C17H15N3O4. The number of rotatable bonds is 2. The van der Waals surface area contributed by atoms with Crippen LogP contribution in [0.25, 0.3) is 0 Å². The highest BCUT2D eigenvalue weighted by Gasteiger charge is 2.39. The summed E-state index contributed by atoms with van der Waals surface area (Å²) in [6.07, 6.45) is 3.15. The summed E-state index contributed by atoms with van der Waals surface area (Å²) in [7, 11) is 0. The number of hydrogen-bond donors (Lipinski definition) is 0. The molecule has 0 aliphatic carbocycles. The first-order chi connectivity index (χ1) is 11.6. The third-order valence-electron chi connectivity index (χ3n) is 4.48. The molecule has 7 heteroatoms. The highest BCUT2D eigenvalue weighted by molar-refractivity contribution is 6.21. The predicted molar refractivity (Wildman–Crippen MR) is 82.1 cm³/mol. The minimum Gasteiger partial charge on any atom is -0.324 e. The highest BCUT2D eigenvalue weighted by atomic mass is 16.7. The van der Waals surface area contributed by atoms with Gasteiger partial charge in [0, 0.05) is 6.54 Å².